The first-order valence-corrected chi connectivity index (χ1v) is 9.81. The molecule has 1 aliphatic rings. The van der Waals surface area contributed by atoms with Gasteiger partial charge in [-0.15, -0.1) is 0 Å². The molecule has 1 amide bonds. The van der Waals surface area contributed by atoms with Crippen molar-refractivity contribution in [3.05, 3.63) is 57.9 Å². The first kappa shape index (κ1) is 21.5. The molecule has 0 atom stereocenters. The van der Waals surface area contributed by atoms with Crippen molar-refractivity contribution in [1.82, 2.24) is 15.2 Å². The molecule has 0 unspecified atom stereocenters. The minimum absolute atomic E-state index is 0.0355. The summed E-state index contributed by atoms with van der Waals surface area (Å²) in [6, 6.07) is 6.56. The molecule has 0 bridgehead atoms. The second kappa shape index (κ2) is 10.0. The van der Waals surface area contributed by atoms with E-state index >= 15 is 0 Å². The van der Waals surface area contributed by atoms with Gasteiger partial charge in [-0.2, -0.15) is 0 Å². The molecule has 9 nitrogen and oxygen atoms in total. The standard InChI is InChI=1S/C21H26N4O5/c1-29-19-10-17(18(25(27)28)11-20(19)30-2)21(26)23-13-15-5-8-24(9-6-15)14-16-4-3-7-22-12-16/h3-4,7,10-12,15H,5-6,8-9,13-14H2,1-2H3,(H,23,26). The molecular weight excluding hydrogens is 388 g/mol. The van der Waals surface area contributed by atoms with E-state index in [1.54, 1.807) is 6.20 Å². The van der Waals surface area contributed by atoms with Gasteiger partial charge in [0.2, 0.25) is 0 Å². The Balaban J connectivity index is 1.56. The number of nitro groups is 1. The lowest BCUT2D eigenvalue weighted by atomic mass is 9.96. The zero-order valence-corrected chi connectivity index (χ0v) is 17.2. The minimum atomic E-state index is -0.589. The first-order chi connectivity index (χ1) is 14.5. The average molecular weight is 414 g/mol. The Kier molecular flexibility index (Phi) is 7.18. The van der Waals surface area contributed by atoms with Gasteiger partial charge in [0.1, 0.15) is 5.56 Å². The summed E-state index contributed by atoms with van der Waals surface area (Å²) < 4.78 is 10.3. The molecule has 30 heavy (non-hydrogen) atoms. The number of benzene rings is 1. The van der Waals surface area contributed by atoms with E-state index < -0.39 is 10.8 Å². The maximum absolute atomic E-state index is 12.7. The molecule has 1 fully saturated rings. The second-order valence-electron chi connectivity index (χ2n) is 7.27. The number of nitrogens with one attached hydrogen (secondary N) is 1. The molecule has 3 rings (SSSR count). The van der Waals surface area contributed by atoms with Gasteiger partial charge in [0.25, 0.3) is 11.6 Å². The highest BCUT2D eigenvalue weighted by atomic mass is 16.6. The van der Waals surface area contributed by atoms with Crippen LogP contribution < -0.4 is 14.8 Å². The molecule has 0 radical (unpaired) electrons. The predicted molar refractivity (Wildman–Crippen MR) is 111 cm³/mol. The van der Waals surface area contributed by atoms with Crippen LogP contribution in [0.2, 0.25) is 0 Å². The molecular formula is C21H26N4O5. The van der Waals surface area contributed by atoms with Gasteiger partial charge < -0.3 is 14.8 Å². The van der Waals surface area contributed by atoms with Crippen LogP contribution >= 0.6 is 0 Å². The summed E-state index contributed by atoms with van der Waals surface area (Å²) in [5.41, 5.74) is 0.841. The Morgan fingerprint density at radius 3 is 2.57 bits per heavy atom. The number of hydrogen-bond donors (Lipinski definition) is 1. The van der Waals surface area contributed by atoms with Crippen LogP contribution in [0.1, 0.15) is 28.8 Å². The highest BCUT2D eigenvalue weighted by Crippen LogP contribution is 2.34. The van der Waals surface area contributed by atoms with Crippen molar-refractivity contribution in [1.29, 1.82) is 0 Å². The van der Waals surface area contributed by atoms with Crippen LogP contribution in [-0.4, -0.2) is 54.6 Å². The molecule has 1 aliphatic heterocycles. The van der Waals surface area contributed by atoms with Crippen molar-refractivity contribution in [3.8, 4) is 11.5 Å². The predicted octanol–water partition coefficient (Wildman–Crippen LogP) is 2.65. The van der Waals surface area contributed by atoms with Crippen molar-refractivity contribution in [2.75, 3.05) is 33.9 Å². The summed E-state index contributed by atoms with van der Waals surface area (Å²) in [6.07, 6.45) is 5.55. The van der Waals surface area contributed by atoms with Crippen molar-refractivity contribution in [3.63, 3.8) is 0 Å². The number of aromatic nitrogens is 1. The molecule has 2 aromatic rings. The molecule has 160 valence electrons. The molecule has 0 saturated carbocycles. The summed E-state index contributed by atoms with van der Waals surface area (Å²) in [5, 5.41) is 14.3. The van der Waals surface area contributed by atoms with E-state index in [1.807, 2.05) is 12.3 Å². The van der Waals surface area contributed by atoms with Crippen molar-refractivity contribution < 1.29 is 19.2 Å². The summed E-state index contributed by atoms with van der Waals surface area (Å²) in [7, 11) is 2.81. The molecule has 1 aromatic carbocycles. The fourth-order valence-electron chi connectivity index (χ4n) is 3.63. The van der Waals surface area contributed by atoms with Gasteiger partial charge in [0, 0.05) is 31.5 Å². The number of carbonyl (C=O) groups is 1. The minimum Gasteiger partial charge on any atom is -0.493 e. The maximum Gasteiger partial charge on any atom is 0.286 e. The van der Waals surface area contributed by atoms with Gasteiger partial charge in [0.05, 0.1) is 25.2 Å². The van der Waals surface area contributed by atoms with Gasteiger partial charge >= 0.3 is 0 Å². The van der Waals surface area contributed by atoms with E-state index in [1.165, 1.54) is 31.9 Å². The fraction of sp³-hybridized carbons (Fsp3) is 0.429. The maximum atomic E-state index is 12.7. The third-order valence-corrected chi connectivity index (χ3v) is 5.33. The number of rotatable bonds is 8. The normalized spacial score (nSPS) is 14.9. The van der Waals surface area contributed by atoms with Crippen molar-refractivity contribution in [2.45, 2.75) is 19.4 Å². The van der Waals surface area contributed by atoms with Crippen LogP contribution in [0.5, 0.6) is 11.5 Å². The summed E-state index contributed by atoms with van der Waals surface area (Å²) in [4.78, 5) is 30.0. The number of likely N-dealkylation sites (tertiary alicyclic amines) is 1. The zero-order valence-electron chi connectivity index (χ0n) is 17.2. The van der Waals surface area contributed by atoms with Gasteiger partial charge in [-0.05, 0) is 43.5 Å². The number of amides is 1. The summed E-state index contributed by atoms with van der Waals surface area (Å²) >= 11 is 0. The quantitative estimate of drug-likeness (QED) is 0.523. The van der Waals surface area contributed by atoms with Crippen LogP contribution in [0.15, 0.2) is 36.7 Å². The number of pyridine rings is 1. The van der Waals surface area contributed by atoms with Crippen molar-refractivity contribution >= 4 is 11.6 Å². The Hall–Kier alpha value is -3.20. The number of piperidine rings is 1. The van der Waals surface area contributed by atoms with E-state index in [9.17, 15) is 14.9 Å². The van der Waals surface area contributed by atoms with Crippen LogP contribution in [0.4, 0.5) is 5.69 Å². The van der Waals surface area contributed by atoms with E-state index in [0.29, 0.717) is 12.5 Å². The Morgan fingerprint density at radius 1 is 1.27 bits per heavy atom. The largest absolute Gasteiger partial charge is 0.493 e. The molecule has 1 saturated heterocycles. The van der Waals surface area contributed by atoms with Gasteiger partial charge in [-0.3, -0.25) is 24.8 Å². The zero-order chi connectivity index (χ0) is 21.5. The van der Waals surface area contributed by atoms with Gasteiger partial charge in [0.15, 0.2) is 11.5 Å². The average Bonchev–Trinajstić information content (AvgIpc) is 2.78. The third kappa shape index (κ3) is 5.24. The SMILES string of the molecule is COc1cc(C(=O)NCC2CCN(Cc3cccnc3)CC2)c([N+](=O)[O-])cc1OC. The topological polar surface area (TPSA) is 107 Å². The lowest BCUT2D eigenvalue weighted by molar-refractivity contribution is -0.385. The molecule has 0 spiro atoms. The van der Waals surface area contributed by atoms with Crippen LogP contribution in [0, 0.1) is 16.0 Å². The molecule has 0 aliphatic carbocycles. The number of hydrogen-bond acceptors (Lipinski definition) is 7. The number of carbonyl (C=O) groups excluding carboxylic acids is 1. The van der Waals surface area contributed by atoms with E-state index in [0.717, 1.165) is 32.5 Å². The molecule has 1 aromatic heterocycles. The van der Waals surface area contributed by atoms with Gasteiger partial charge in [-0.25, -0.2) is 0 Å². The third-order valence-electron chi connectivity index (χ3n) is 5.33. The number of nitro benzene ring substituents is 1. The van der Waals surface area contributed by atoms with E-state index in [2.05, 4.69) is 21.3 Å². The van der Waals surface area contributed by atoms with Crippen molar-refractivity contribution in [2.24, 2.45) is 5.92 Å². The van der Waals surface area contributed by atoms with Crippen LogP contribution in [-0.2, 0) is 6.54 Å². The Labute approximate surface area is 175 Å². The summed E-state index contributed by atoms with van der Waals surface area (Å²) in [5.74, 6) is 0.331. The lowest BCUT2D eigenvalue weighted by Gasteiger charge is -2.32. The first-order valence-electron chi connectivity index (χ1n) is 9.81. The fourth-order valence-corrected chi connectivity index (χ4v) is 3.63. The van der Waals surface area contributed by atoms with E-state index in [-0.39, 0.29) is 22.7 Å². The monoisotopic (exact) mass is 414 g/mol. The molecule has 2 heterocycles. The van der Waals surface area contributed by atoms with Crippen LogP contribution in [0.3, 0.4) is 0 Å². The van der Waals surface area contributed by atoms with Crippen LogP contribution in [0.25, 0.3) is 0 Å². The Bertz CT molecular complexity index is 882. The second-order valence-corrected chi connectivity index (χ2v) is 7.27. The molecule has 9 heteroatoms. The number of ether oxygens (including phenoxy) is 2. The summed E-state index contributed by atoms with van der Waals surface area (Å²) in [6.45, 7) is 3.22. The Morgan fingerprint density at radius 2 is 1.97 bits per heavy atom. The van der Waals surface area contributed by atoms with Gasteiger partial charge in [-0.1, -0.05) is 6.07 Å². The number of methoxy groups -OCH3 is 2. The number of nitrogens with zero attached hydrogens (tertiary/aromatic N) is 3. The smallest absolute Gasteiger partial charge is 0.286 e. The van der Waals surface area contributed by atoms with E-state index in [4.69, 9.17) is 9.47 Å². The highest BCUT2D eigenvalue weighted by molar-refractivity contribution is 5.99. The molecule has 1 N–H and O–H groups in total. The highest BCUT2D eigenvalue weighted by Gasteiger charge is 2.26. The lowest BCUT2D eigenvalue weighted by Crippen LogP contribution is -2.38.